The van der Waals surface area contributed by atoms with Crippen LogP contribution in [0.25, 0.3) is 0 Å². The van der Waals surface area contributed by atoms with E-state index in [1.165, 1.54) is 63.7 Å². The third kappa shape index (κ3) is 3.66. The van der Waals surface area contributed by atoms with Crippen LogP contribution in [0.15, 0.2) is 0 Å². The molecule has 0 aromatic heterocycles. The summed E-state index contributed by atoms with van der Waals surface area (Å²) in [7, 11) is 0. The number of hydrogen-bond acceptors (Lipinski definition) is 2. The minimum Gasteiger partial charge on any atom is -0.313 e. The molecule has 0 amide bonds. The fourth-order valence-electron chi connectivity index (χ4n) is 3.28. The van der Waals surface area contributed by atoms with Gasteiger partial charge in [0.1, 0.15) is 0 Å². The predicted octanol–water partition coefficient (Wildman–Crippen LogP) is 3.83. The van der Waals surface area contributed by atoms with Gasteiger partial charge >= 0.3 is 0 Å². The lowest BCUT2D eigenvalue weighted by molar-refractivity contribution is 0.356. The Bertz CT molecular complexity index is 187. The highest BCUT2D eigenvalue weighted by Crippen LogP contribution is 2.30. The molecule has 0 bridgehead atoms. The van der Waals surface area contributed by atoms with Crippen LogP contribution < -0.4 is 5.32 Å². The monoisotopic (exact) mass is 241 g/mol. The molecule has 0 aromatic carbocycles. The van der Waals surface area contributed by atoms with Crippen LogP contribution in [0.3, 0.4) is 0 Å². The molecule has 0 spiro atoms. The zero-order valence-corrected chi connectivity index (χ0v) is 11.5. The number of hydrogen-bond donors (Lipinski definition) is 1. The van der Waals surface area contributed by atoms with E-state index in [-0.39, 0.29) is 0 Å². The molecule has 0 radical (unpaired) electrons. The van der Waals surface area contributed by atoms with Gasteiger partial charge in [0, 0.05) is 11.3 Å². The van der Waals surface area contributed by atoms with Gasteiger partial charge in [0.15, 0.2) is 0 Å². The average molecular weight is 241 g/mol. The minimum absolute atomic E-state index is 0.819. The lowest BCUT2D eigenvalue weighted by Crippen LogP contribution is -2.42. The Labute approximate surface area is 105 Å². The minimum atomic E-state index is 0.819. The summed E-state index contributed by atoms with van der Waals surface area (Å²) in [6.45, 7) is 3.60. The number of rotatable bonds is 5. The maximum atomic E-state index is 3.88. The van der Waals surface area contributed by atoms with E-state index in [9.17, 15) is 0 Å². The summed E-state index contributed by atoms with van der Waals surface area (Å²) >= 11 is 2.18. The molecule has 0 aliphatic heterocycles. The van der Waals surface area contributed by atoms with Crippen molar-refractivity contribution in [2.24, 2.45) is 5.92 Å². The molecule has 2 rings (SSSR count). The maximum absolute atomic E-state index is 3.88. The molecule has 2 fully saturated rings. The van der Waals surface area contributed by atoms with Crippen molar-refractivity contribution in [1.29, 1.82) is 0 Å². The SMILES string of the molecule is CCSC1CCCCC1NCC1CCCC1. The summed E-state index contributed by atoms with van der Waals surface area (Å²) in [5.41, 5.74) is 0. The molecule has 2 aliphatic rings. The quantitative estimate of drug-likeness (QED) is 0.785. The summed E-state index contributed by atoms with van der Waals surface area (Å²) < 4.78 is 0. The third-order valence-corrected chi connectivity index (χ3v) is 5.55. The Balaban J connectivity index is 1.72. The van der Waals surface area contributed by atoms with Crippen molar-refractivity contribution >= 4 is 11.8 Å². The fraction of sp³-hybridized carbons (Fsp3) is 1.00. The molecule has 2 unspecified atom stereocenters. The van der Waals surface area contributed by atoms with Crippen LogP contribution >= 0.6 is 11.8 Å². The maximum Gasteiger partial charge on any atom is 0.0201 e. The molecule has 0 saturated heterocycles. The summed E-state index contributed by atoms with van der Waals surface area (Å²) in [4.78, 5) is 0. The molecule has 2 aliphatic carbocycles. The van der Waals surface area contributed by atoms with Crippen molar-refractivity contribution in [2.45, 2.75) is 69.6 Å². The Morgan fingerprint density at radius 3 is 2.44 bits per heavy atom. The van der Waals surface area contributed by atoms with E-state index in [0.29, 0.717) is 0 Å². The van der Waals surface area contributed by atoms with E-state index in [1.54, 1.807) is 0 Å². The first-order chi connectivity index (χ1) is 7.90. The van der Waals surface area contributed by atoms with Crippen molar-refractivity contribution in [3.63, 3.8) is 0 Å². The van der Waals surface area contributed by atoms with Gasteiger partial charge < -0.3 is 5.32 Å². The van der Waals surface area contributed by atoms with Gasteiger partial charge in [-0.2, -0.15) is 11.8 Å². The summed E-state index contributed by atoms with van der Waals surface area (Å²) in [6, 6.07) is 0.819. The van der Waals surface area contributed by atoms with Gasteiger partial charge in [0.05, 0.1) is 0 Å². The fourth-order valence-corrected chi connectivity index (χ4v) is 4.50. The van der Waals surface area contributed by atoms with Crippen LogP contribution in [0, 0.1) is 5.92 Å². The van der Waals surface area contributed by atoms with Gasteiger partial charge in [-0.3, -0.25) is 0 Å². The molecule has 94 valence electrons. The lowest BCUT2D eigenvalue weighted by atomic mass is 9.94. The Morgan fingerprint density at radius 2 is 1.69 bits per heavy atom. The van der Waals surface area contributed by atoms with Crippen molar-refractivity contribution in [3.05, 3.63) is 0 Å². The molecule has 1 nitrogen and oxygen atoms in total. The topological polar surface area (TPSA) is 12.0 Å². The van der Waals surface area contributed by atoms with Crippen LogP contribution in [0.2, 0.25) is 0 Å². The van der Waals surface area contributed by atoms with Crippen LogP contribution in [-0.2, 0) is 0 Å². The Hall–Kier alpha value is 0.310. The first-order valence-corrected chi connectivity index (χ1v) is 8.30. The van der Waals surface area contributed by atoms with Crippen molar-refractivity contribution in [2.75, 3.05) is 12.3 Å². The highest BCUT2D eigenvalue weighted by Gasteiger charge is 2.25. The summed E-state index contributed by atoms with van der Waals surface area (Å²) in [5, 5.41) is 4.78. The number of nitrogens with one attached hydrogen (secondary N) is 1. The van der Waals surface area contributed by atoms with E-state index in [2.05, 4.69) is 24.0 Å². The molecule has 0 aromatic rings. The Morgan fingerprint density at radius 1 is 1.00 bits per heavy atom. The van der Waals surface area contributed by atoms with Gasteiger partial charge in [0.2, 0.25) is 0 Å². The molecule has 0 heterocycles. The zero-order valence-electron chi connectivity index (χ0n) is 10.7. The van der Waals surface area contributed by atoms with E-state index < -0.39 is 0 Å². The van der Waals surface area contributed by atoms with E-state index >= 15 is 0 Å². The van der Waals surface area contributed by atoms with Gasteiger partial charge in [-0.1, -0.05) is 32.6 Å². The Kier molecular flexibility index (Phi) is 5.51. The molecule has 1 N–H and O–H groups in total. The zero-order chi connectivity index (χ0) is 11.2. The van der Waals surface area contributed by atoms with Crippen LogP contribution in [0.5, 0.6) is 0 Å². The van der Waals surface area contributed by atoms with Crippen LogP contribution in [-0.4, -0.2) is 23.6 Å². The highest BCUT2D eigenvalue weighted by molar-refractivity contribution is 7.99. The molecule has 2 saturated carbocycles. The second-order valence-electron chi connectivity index (χ2n) is 5.44. The van der Waals surface area contributed by atoms with Crippen LogP contribution in [0.1, 0.15) is 58.3 Å². The second-order valence-corrected chi connectivity index (χ2v) is 6.96. The van der Waals surface area contributed by atoms with Crippen molar-refractivity contribution in [3.8, 4) is 0 Å². The van der Waals surface area contributed by atoms with Gasteiger partial charge in [-0.15, -0.1) is 0 Å². The van der Waals surface area contributed by atoms with Crippen molar-refractivity contribution < 1.29 is 0 Å². The largest absolute Gasteiger partial charge is 0.313 e. The van der Waals surface area contributed by atoms with E-state index in [4.69, 9.17) is 0 Å². The average Bonchev–Trinajstić information content (AvgIpc) is 2.81. The molecular formula is C14H27NS. The smallest absolute Gasteiger partial charge is 0.0201 e. The standard InChI is InChI=1S/C14H27NS/c1-2-16-14-10-6-5-9-13(14)15-11-12-7-3-4-8-12/h12-15H,2-11H2,1H3. The number of thioether (sulfide) groups is 1. The normalized spacial score (nSPS) is 32.1. The lowest BCUT2D eigenvalue weighted by Gasteiger charge is -2.32. The van der Waals surface area contributed by atoms with Crippen LogP contribution in [0.4, 0.5) is 0 Å². The third-order valence-electron chi connectivity index (χ3n) is 4.23. The second kappa shape index (κ2) is 6.90. The van der Waals surface area contributed by atoms with Crippen molar-refractivity contribution in [1.82, 2.24) is 5.32 Å². The van der Waals surface area contributed by atoms with Gasteiger partial charge in [-0.25, -0.2) is 0 Å². The molecule has 2 heteroatoms. The molecule has 16 heavy (non-hydrogen) atoms. The van der Waals surface area contributed by atoms with E-state index in [1.807, 2.05) is 0 Å². The van der Waals surface area contributed by atoms with E-state index in [0.717, 1.165) is 17.2 Å². The molecular weight excluding hydrogens is 214 g/mol. The van der Waals surface area contributed by atoms with Gasteiger partial charge in [0.25, 0.3) is 0 Å². The summed E-state index contributed by atoms with van der Waals surface area (Å²) in [6.07, 6.45) is 11.7. The predicted molar refractivity (Wildman–Crippen MR) is 74.1 cm³/mol. The first kappa shape index (κ1) is 12.8. The highest BCUT2D eigenvalue weighted by atomic mass is 32.2. The first-order valence-electron chi connectivity index (χ1n) is 7.25. The van der Waals surface area contributed by atoms with Gasteiger partial charge in [-0.05, 0) is 43.9 Å². The molecule has 2 atom stereocenters. The summed E-state index contributed by atoms with van der Waals surface area (Å²) in [5.74, 6) is 2.28.